The molecule has 9 nitrogen and oxygen atoms in total. The number of nitrogens with one attached hydrogen (secondary N) is 1. The van der Waals surface area contributed by atoms with Gasteiger partial charge in [0.05, 0.1) is 11.8 Å². The highest BCUT2D eigenvalue weighted by molar-refractivity contribution is 5.90. The second-order valence-electron chi connectivity index (χ2n) is 10.7. The number of aromatic nitrogens is 4. The number of pyridine rings is 2. The van der Waals surface area contributed by atoms with E-state index in [1.54, 1.807) is 6.92 Å². The number of rotatable bonds is 6. The minimum atomic E-state index is -0.637. The molecule has 3 saturated heterocycles. The van der Waals surface area contributed by atoms with E-state index in [1.165, 1.54) is 37.7 Å². The Bertz CT molecular complexity index is 1190. The van der Waals surface area contributed by atoms with Crippen molar-refractivity contribution in [3.63, 3.8) is 0 Å². The molecule has 0 amide bonds. The number of aliphatic hydroxyl groups is 1. The van der Waals surface area contributed by atoms with Crippen molar-refractivity contribution in [3.05, 3.63) is 41.9 Å². The Labute approximate surface area is 212 Å². The lowest BCUT2D eigenvalue weighted by molar-refractivity contribution is 0.148. The van der Waals surface area contributed by atoms with Crippen molar-refractivity contribution < 1.29 is 5.11 Å². The average molecular weight is 489 g/mol. The van der Waals surface area contributed by atoms with Gasteiger partial charge in [0.25, 0.3) is 0 Å². The fourth-order valence-electron chi connectivity index (χ4n) is 5.93. The van der Waals surface area contributed by atoms with Gasteiger partial charge in [-0.3, -0.25) is 4.90 Å². The zero-order valence-corrected chi connectivity index (χ0v) is 21.3. The molecule has 0 aliphatic carbocycles. The first-order chi connectivity index (χ1) is 17.5. The lowest BCUT2D eigenvalue weighted by atomic mass is 10.0. The summed E-state index contributed by atoms with van der Waals surface area (Å²) in [7, 11) is 2.18. The predicted octanol–water partition coefficient (Wildman–Crippen LogP) is 3.49. The van der Waals surface area contributed by atoms with Crippen LogP contribution in [-0.2, 0) is 6.54 Å². The van der Waals surface area contributed by atoms with E-state index >= 15 is 0 Å². The standard InChI is InChI=1S/C27H36N8O/c1-18(36)23-14-20-16-29-27(32-25(20)26(30-23)35-21-4-3-5-22(35)8-7-21)31-24-9-6-19(15-28-24)17-34-12-10-33(2)11-13-34/h6,9,14-16,18,21-22,36H,3-5,7-8,10-13,17H2,1-2H3,(H,28,29,31,32). The van der Waals surface area contributed by atoms with Crippen molar-refractivity contribution >= 4 is 28.5 Å². The second kappa shape index (κ2) is 9.88. The van der Waals surface area contributed by atoms with E-state index in [2.05, 4.69) is 43.1 Å². The van der Waals surface area contributed by atoms with E-state index < -0.39 is 6.10 Å². The summed E-state index contributed by atoms with van der Waals surface area (Å²) in [6, 6.07) is 7.04. The van der Waals surface area contributed by atoms with Gasteiger partial charge in [-0.25, -0.2) is 19.9 Å². The largest absolute Gasteiger partial charge is 0.387 e. The van der Waals surface area contributed by atoms with Crippen LogP contribution in [-0.4, -0.2) is 80.2 Å². The van der Waals surface area contributed by atoms with E-state index in [-0.39, 0.29) is 0 Å². The van der Waals surface area contributed by atoms with Gasteiger partial charge in [0.1, 0.15) is 11.3 Å². The van der Waals surface area contributed by atoms with Crippen LogP contribution in [0.25, 0.3) is 10.9 Å². The van der Waals surface area contributed by atoms with Crippen LogP contribution in [0.2, 0.25) is 0 Å². The highest BCUT2D eigenvalue weighted by atomic mass is 16.3. The van der Waals surface area contributed by atoms with Crippen molar-refractivity contribution in [2.45, 2.75) is 63.8 Å². The number of aliphatic hydroxyl groups excluding tert-OH is 1. The molecular formula is C27H36N8O. The van der Waals surface area contributed by atoms with Gasteiger partial charge in [-0.15, -0.1) is 0 Å². The van der Waals surface area contributed by atoms with Crippen LogP contribution >= 0.6 is 0 Å². The fourth-order valence-corrected chi connectivity index (χ4v) is 5.93. The summed E-state index contributed by atoms with van der Waals surface area (Å²) >= 11 is 0. The van der Waals surface area contributed by atoms with Gasteiger partial charge in [-0.2, -0.15) is 0 Å². The molecule has 6 rings (SSSR count). The molecule has 190 valence electrons. The zero-order chi connectivity index (χ0) is 24.6. The highest BCUT2D eigenvalue weighted by Gasteiger charge is 2.38. The predicted molar refractivity (Wildman–Crippen MR) is 141 cm³/mol. The van der Waals surface area contributed by atoms with Crippen LogP contribution in [0.1, 0.15) is 56.4 Å². The summed E-state index contributed by atoms with van der Waals surface area (Å²) in [6.07, 6.45) is 9.20. The summed E-state index contributed by atoms with van der Waals surface area (Å²) in [5.41, 5.74) is 2.72. The Morgan fingerprint density at radius 3 is 2.47 bits per heavy atom. The summed E-state index contributed by atoms with van der Waals surface area (Å²) in [5, 5.41) is 14.5. The Balaban J connectivity index is 1.25. The summed E-state index contributed by atoms with van der Waals surface area (Å²) < 4.78 is 0. The average Bonchev–Trinajstić information content (AvgIpc) is 3.13. The first-order valence-corrected chi connectivity index (χ1v) is 13.3. The molecule has 0 radical (unpaired) electrons. The molecule has 3 aromatic rings. The van der Waals surface area contributed by atoms with E-state index in [4.69, 9.17) is 9.97 Å². The smallest absolute Gasteiger partial charge is 0.229 e. The SMILES string of the molecule is CC(O)c1cc2cnc(Nc3ccc(CN4CCN(C)CC4)cn3)nc2c(N2C3CCCC2CC3)n1. The summed E-state index contributed by atoms with van der Waals surface area (Å²) in [4.78, 5) is 26.3. The third-order valence-electron chi connectivity index (χ3n) is 8.00. The third kappa shape index (κ3) is 4.75. The Morgan fingerprint density at radius 2 is 1.78 bits per heavy atom. The van der Waals surface area contributed by atoms with E-state index in [0.29, 0.717) is 23.7 Å². The topological polar surface area (TPSA) is 93.5 Å². The maximum absolute atomic E-state index is 10.3. The number of nitrogens with zero attached hydrogens (tertiary/aromatic N) is 7. The lowest BCUT2D eigenvalue weighted by Gasteiger charge is -2.36. The Morgan fingerprint density at radius 1 is 1.00 bits per heavy atom. The van der Waals surface area contributed by atoms with E-state index in [9.17, 15) is 5.11 Å². The number of anilines is 3. The molecular weight excluding hydrogens is 452 g/mol. The molecule has 3 aliphatic heterocycles. The van der Waals surface area contributed by atoms with E-state index in [1.807, 2.05) is 24.5 Å². The number of hydrogen-bond acceptors (Lipinski definition) is 9. The molecule has 9 heteroatoms. The third-order valence-corrected chi connectivity index (χ3v) is 8.00. The van der Waals surface area contributed by atoms with Crippen molar-refractivity contribution in [1.29, 1.82) is 0 Å². The molecule has 0 aromatic carbocycles. The molecule has 36 heavy (non-hydrogen) atoms. The van der Waals surface area contributed by atoms with Crippen LogP contribution in [0.15, 0.2) is 30.6 Å². The van der Waals surface area contributed by atoms with Gasteiger partial charge in [0, 0.05) is 62.6 Å². The normalized spacial score (nSPS) is 23.8. The molecule has 6 heterocycles. The van der Waals surface area contributed by atoms with Gasteiger partial charge >= 0.3 is 0 Å². The number of likely N-dealkylation sites (N-methyl/N-ethyl adjacent to an activating group) is 1. The number of hydrogen-bond donors (Lipinski definition) is 2. The molecule has 2 N–H and O–H groups in total. The highest BCUT2D eigenvalue weighted by Crippen LogP contribution is 2.41. The number of piperazine rings is 1. The first-order valence-electron chi connectivity index (χ1n) is 13.3. The van der Waals surface area contributed by atoms with Gasteiger partial charge in [0.2, 0.25) is 5.95 Å². The van der Waals surface area contributed by atoms with Crippen LogP contribution in [0.3, 0.4) is 0 Å². The van der Waals surface area contributed by atoms with Crippen molar-refractivity contribution in [1.82, 2.24) is 29.7 Å². The van der Waals surface area contributed by atoms with Crippen LogP contribution in [0.4, 0.5) is 17.6 Å². The van der Waals surface area contributed by atoms with Gasteiger partial charge in [0.15, 0.2) is 5.82 Å². The molecule has 3 atom stereocenters. The Kier molecular flexibility index (Phi) is 6.45. The van der Waals surface area contributed by atoms with Crippen molar-refractivity contribution in [2.75, 3.05) is 43.4 Å². The van der Waals surface area contributed by atoms with Crippen molar-refractivity contribution in [2.24, 2.45) is 0 Å². The summed E-state index contributed by atoms with van der Waals surface area (Å²) in [5.74, 6) is 2.13. The minimum Gasteiger partial charge on any atom is -0.387 e. The van der Waals surface area contributed by atoms with Gasteiger partial charge in [-0.05, 0) is 63.8 Å². The molecule has 0 saturated carbocycles. The number of fused-ring (bicyclic) bond motifs is 3. The zero-order valence-electron chi connectivity index (χ0n) is 21.3. The summed E-state index contributed by atoms with van der Waals surface area (Å²) in [6.45, 7) is 7.09. The molecule has 0 spiro atoms. The van der Waals surface area contributed by atoms with Crippen molar-refractivity contribution in [3.8, 4) is 0 Å². The first kappa shape index (κ1) is 23.5. The molecule has 3 aromatic heterocycles. The monoisotopic (exact) mass is 488 g/mol. The number of piperidine rings is 1. The maximum atomic E-state index is 10.3. The van der Waals surface area contributed by atoms with Crippen LogP contribution < -0.4 is 10.2 Å². The molecule has 3 unspecified atom stereocenters. The van der Waals surface area contributed by atoms with E-state index in [0.717, 1.165) is 55.3 Å². The second-order valence-corrected chi connectivity index (χ2v) is 10.7. The molecule has 3 fully saturated rings. The molecule has 2 bridgehead atoms. The quantitative estimate of drug-likeness (QED) is 0.541. The van der Waals surface area contributed by atoms with Crippen LogP contribution in [0, 0.1) is 0 Å². The minimum absolute atomic E-state index is 0.504. The van der Waals surface area contributed by atoms with Crippen LogP contribution in [0.5, 0.6) is 0 Å². The molecule has 3 aliphatic rings. The maximum Gasteiger partial charge on any atom is 0.229 e. The van der Waals surface area contributed by atoms with Gasteiger partial charge < -0.3 is 20.2 Å². The Hall–Kier alpha value is -2.88. The van der Waals surface area contributed by atoms with Gasteiger partial charge in [-0.1, -0.05) is 6.07 Å². The lowest BCUT2D eigenvalue weighted by Crippen LogP contribution is -2.43. The fraction of sp³-hybridized carbons (Fsp3) is 0.556.